The number of halogens is 3. The van der Waals surface area contributed by atoms with Gasteiger partial charge in [0.15, 0.2) is 11.6 Å². The van der Waals surface area contributed by atoms with Gasteiger partial charge in [0, 0.05) is 17.0 Å². The first-order valence-electron chi connectivity index (χ1n) is 9.06. The van der Waals surface area contributed by atoms with Gasteiger partial charge >= 0.3 is 0 Å². The lowest BCUT2D eigenvalue weighted by Gasteiger charge is -2.27. The Kier molecular flexibility index (Phi) is 5.82. The average Bonchev–Trinajstić information content (AvgIpc) is 2.66. The predicted octanol–water partition coefficient (Wildman–Crippen LogP) is 6.17. The molecule has 0 N–H and O–H groups in total. The van der Waals surface area contributed by atoms with Crippen LogP contribution in [-0.2, 0) is 11.2 Å². The van der Waals surface area contributed by atoms with Crippen molar-refractivity contribution in [1.29, 1.82) is 0 Å². The van der Waals surface area contributed by atoms with E-state index in [0.29, 0.717) is 18.6 Å². The van der Waals surface area contributed by atoms with Crippen LogP contribution in [0.25, 0.3) is 11.1 Å². The van der Waals surface area contributed by atoms with Gasteiger partial charge in [-0.05, 0) is 36.5 Å². The normalized spacial score (nSPS) is 20.2. The maximum atomic E-state index is 14.6. The van der Waals surface area contributed by atoms with Crippen LogP contribution < -0.4 is 0 Å². The summed E-state index contributed by atoms with van der Waals surface area (Å²) in [6.45, 7) is 6.13. The highest BCUT2D eigenvalue weighted by Gasteiger charge is 2.23. The summed E-state index contributed by atoms with van der Waals surface area (Å²) in [6, 6.07) is 7.71. The van der Waals surface area contributed by atoms with Crippen molar-refractivity contribution >= 4 is 0 Å². The summed E-state index contributed by atoms with van der Waals surface area (Å²) in [6.07, 6.45) is 4.72. The first-order valence-corrected chi connectivity index (χ1v) is 9.06. The van der Waals surface area contributed by atoms with E-state index >= 15 is 0 Å². The highest BCUT2D eigenvalue weighted by atomic mass is 19.2. The summed E-state index contributed by atoms with van der Waals surface area (Å²) >= 11 is 0. The monoisotopic (exact) mass is 360 g/mol. The van der Waals surface area contributed by atoms with E-state index in [1.54, 1.807) is 12.1 Å². The second-order valence-corrected chi connectivity index (χ2v) is 6.77. The molecular formula is C22H23F3O. The highest BCUT2D eigenvalue weighted by Crippen LogP contribution is 2.33. The van der Waals surface area contributed by atoms with Gasteiger partial charge in [-0.25, -0.2) is 13.2 Å². The molecule has 1 fully saturated rings. The molecule has 138 valence electrons. The first kappa shape index (κ1) is 18.7. The maximum absolute atomic E-state index is 14.6. The molecule has 2 unspecified atom stereocenters. The van der Waals surface area contributed by atoms with Crippen LogP contribution in [-0.4, -0.2) is 12.7 Å². The van der Waals surface area contributed by atoms with Crippen LogP contribution in [0.2, 0.25) is 0 Å². The lowest BCUT2D eigenvalue weighted by atomic mass is 9.89. The van der Waals surface area contributed by atoms with E-state index in [9.17, 15) is 13.2 Å². The van der Waals surface area contributed by atoms with Crippen molar-refractivity contribution in [3.8, 4) is 11.1 Å². The van der Waals surface area contributed by atoms with Crippen LogP contribution in [0.15, 0.2) is 43.0 Å². The fourth-order valence-corrected chi connectivity index (χ4v) is 3.48. The molecule has 2 aromatic rings. The smallest absolute Gasteiger partial charge is 0.167 e. The third-order valence-electron chi connectivity index (χ3n) is 5.01. The van der Waals surface area contributed by atoms with Crippen molar-refractivity contribution in [2.75, 3.05) is 6.61 Å². The van der Waals surface area contributed by atoms with Crippen LogP contribution in [0.3, 0.4) is 0 Å². The van der Waals surface area contributed by atoms with Gasteiger partial charge in [0.1, 0.15) is 5.82 Å². The molecule has 0 amide bonds. The van der Waals surface area contributed by atoms with E-state index in [-0.39, 0.29) is 23.1 Å². The maximum Gasteiger partial charge on any atom is 0.167 e. The second-order valence-electron chi connectivity index (χ2n) is 6.77. The standard InChI is InChI=1S/C22H23F3O/c1-3-5-14-7-11-19(22(25)21(14)24)18-10-8-15(12-20(18)23)16-6-9-17(4-2)26-13-16/h4,7-8,10-12,16-17H,2-3,5-6,9,13H2,1H3. The molecule has 3 rings (SSSR count). The average molecular weight is 360 g/mol. The van der Waals surface area contributed by atoms with Gasteiger partial charge < -0.3 is 4.74 Å². The Morgan fingerprint density at radius 1 is 1.08 bits per heavy atom. The number of rotatable bonds is 5. The molecule has 1 nitrogen and oxygen atoms in total. The molecule has 1 saturated heterocycles. The molecule has 0 bridgehead atoms. The molecule has 1 aliphatic heterocycles. The Hall–Kier alpha value is -2.07. The van der Waals surface area contributed by atoms with Crippen LogP contribution in [0.4, 0.5) is 13.2 Å². The molecule has 1 aliphatic rings. The van der Waals surface area contributed by atoms with Gasteiger partial charge in [-0.15, -0.1) is 6.58 Å². The Balaban J connectivity index is 1.87. The summed E-state index contributed by atoms with van der Waals surface area (Å²) in [5.74, 6) is -2.32. The van der Waals surface area contributed by atoms with E-state index < -0.39 is 17.5 Å². The highest BCUT2D eigenvalue weighted by molar-refractivity contribution is 5.66. The minimum atomic E-state index is -0.988. The van der Waals surface area contributed by atoms with E-state index in [0.717, 1.165) is 24.8 Å². The summed E-state index contributed by atoms with van der Waals surface area (Å²) in [5.41, 5.74) is 1.17. The lowest BCUT2D eigenvalue weighted by molar-refractivity contribution is 0.0328. The minimum absolute atomic E-state index is 0.0435. The lowest BCUT2D eigenvalue weighted by Crippen LogP contribution is -2.23. The van der Waals surface area contributed by atoms with Gasteiger partial charge in [0.2, 0.25) is 0 Å². The van der Waals surface area contributed by atoms with Gasteiger partial charge in [0.05, 0.1) is 12.7 Å². The Labute approximate surface area is 152 Å². The number of aryl methyl sites for hydroxylation is 1. The number of hydrogen-bond donors (Lipinski definition) is 0. The summed E-state index contributed by atoms with van der Waals surface area (Å²) in [4.78, 5) is 0. The number of ether oxygens (including phenoxy) is 1. The Morgan fingerprint density at radius 3 is 2.46 bits per heavy atom. The Bertz CT molecular complexity index is 792. The molecule has 0 spiro atoms. The van der Waals surface area contributed by atoms with Gasteiger partial charge in [-0.2, -0.15) is 0 Å². The van der Waals surface area contributed by atoms with Crippen molar-refractivity contribution in [1.82, 2.24) is 0 Å². The first-order chi connectivity index (χ1) is 12.5. The van der Waals surface area contributed by atoms with E-state index in [4.69, 9.17) is 4.74 Å². The minimum Gasteiger partial charge on any atom is -0.374 e. The van der Waals surface area contributed by atoms with E-state index in [1.165, 1.54) is 24.3 Å². The number of hydrogen-bond acceptors (Lipinski definition) is 1. The Morgan fingerprint density at radius 2 is 1.85 bits per heavy atom. The van der Waals surface area contributed by atoms with Gasteiger partial charge in [-0.1, -0.05) is 43.7 Å². The molecule has 2 aromatic carbocycles. The summed E-state index contributed by atoms with van der Waals surface area (Å²) in [5, 5.41) is 0. The molecule has 0 aliphatic carbocycles. The van der Waals surface area contributed by atoms with Crippen LogP contribution in [0, 0.1) is 17.5 Å². The zero-order valence-electron chi connectivity index (χ0n) is 14.9. The van der Waals surface area contributed by atoms with Crippen LogP contribution in [0.5, 0.6) is 0 Å². The largest absolute Gasteiger partial charge is 0.374 e. The molecule has 0 aromatic heterocycles. The van der Waals surface area contributed by atoms with Crippen molar-refractivity contribution in [2.24, 2.45) is 0 Å². The molecule has 4 heteroatoms. The van der Waals surface area contributed by atoms with Gasteiger partial charge in [-0.3, -0.25) is 0 Å². The topological polar surface area (TPSA) is 9.23 Å². The zero-order valence-corrected chi connectivity index (χ0v) is 14.9. The third kappa shape index (κ3) is 3.70. The summed E-state index contributed by atoms with van der Waals surface area (Å²) < 4.78 is 48.9. The molecular weight excluding hydrogens is 337 g/mol. The van der Waals surface area contributed by atoms with Crippen molar-refractivity contribution < 1.29 is 17.9 Å². The number of benzene rings is 2. The van der Waals surface area contributed by atoms with E-state index in [1.807, 2.05) is 6.92 Å². The quantitative estimate of drug-likeness (QED) is 0.579. The fourth-order valence-electron chi connectivity index (χ4n) is 3.48. The molecule has 26 heavy (non-hydrogen) atoms. The fraction of sp³-hybridized carbons (Fsp3) is 0.364. The molecule has 2 atom stereocenters. The molecule has 0 radical (unpaired) electrons. The predicted molar refractivity (Wildman–Crippen MR) is 97.7 cm³/mol. The zero-order chi connectivity index (χ0) is 18.7. The van der Waals surface area contributed by atoms with Crippen molar-refractivity contribution in [2.45, 2.75) is 44.6 Å². The third-order valence-corrected chi connectivity index (χ3v) is 5.01. The van der Waals surface area contributed by atoms with Crippen LogP contribution >= 0.6 is 0 Å². The van der Waals surface area contributed by atoms with Crippen molar-refractivity contribution in [3.63, 3.8) is 0 Å². The molecule has 1 heterocycles. The van der Waals surface area contributed by atoms with Crippen molar-refractivity contribution in [3.05, 3.63) is 71.6 Å². The van der Waals surface area contributed by atoms with Gasteiger partial charge in [0.25, 0.3) is 0 Å². The molecule has 0 saturated carbocycles. The van der Waals surface area contributed by atoms with E-state index in [2.05, 4.69) is 6.58 Å². The SMILES string of the molecule is C=CC1CCC(c2ccc(-c3ccc(CCC)c(F)c3F)c(F)c2)CO1. The second kappa shape index (κ2) is 8.09. The summed E-state index contributed by atoms with van der Waals surface area (Å²) in [7, 11) is 0. The van der Waals surface area contributed by atoms with Crippen LogP contribution in [0.1, 0.15) is 43.2 Å².